The summed E-state index contributed by atoms with van der Waals surface area (Å²) in [5.41, 5.74) is 1.86. The van der Waals surface area contributed by atoms with Crippen molar-refractivity contribution in [1.29, 1.82) is 0 Å². The van der Waals surface area contributed by atoms with E-state index in [0.29, 0.717) is 11.1 Å². The number of piperazine rings is 1. The number of aliphatic imine (C=N–C) groups is 1. The first-order valence-corrected chi connectivity index (χ1v) is 9.80. The number of amidine groups is 1. The van der Waals surface area contributed by atoms with E-state index in [1.807, 2.05) is 30.3 Å². The molecule has 1 atom stereocenters. The maximum absolute atomic E-state index is 6.22. The molecule has 2 fully saturated rings. The normalized spacial score (nSPS) is 22.4. The highest BCUT2D eigenvalue weighted by atomic mass is 35.5. The molecular weight excluding hydrogens is 346 g/mol. The average molecular weight is 368 g/mol. The molecule has 0 bridgehead atoms. The predicted octanol–water partition coefficient (Wildman–Crippen LogP) is 4.69. The molecule has 2 aromatic rings. The molecule has 134 valence electrons. The summed E-state index contributed by atoms with van der Waals surface area (Å²) < 4.78 is 6.17. The first-order chi connectivity index (χ1) is 12.8. The monoisotopic (exact) mass is 367 g/mol. The number of nitrogens with zero attached hydrogens (tertiary/aromatic N) is 3. The van der Waals surface area contributed by atoms with Gasteiger partial charge in [-0.1, -0.05) is 30.2 Å². The SMILES string of the molecule is Clc1ccc2c(c1)N=C(N1CCN3CCCC[C@H]3C1)c1ccccc1O2. The van der Waals surface area contributed by atoms with E-state index in [-0.39, 0.29) is 0 Å². The Labute approximate surface area is 159 Å². The van der Waals surface area contributed by atoms with Gasteiger partial charge in [0.1, 0.15) is 17.3 Å². The van der Waals surface area contributed by atoms with Crippen LogP contribution >= 0.6 is 11.6 Å². The Kier molecular flexibility index (Phi) is 4.10. The molecule has 0 N–H and O–H groups in total. The summed E-state index contributed by atoms with van der Waals surface area (Å²) in [5.74, 6) is 2.62. The van der Waals surface area contributed by atoms with Crippen molar-refractivity contribution >= 4 is 23.1 Å². The van der Waals surface area contributed by atoms with Crippen LogP contribution in [0.15, 0.2) is 47.5 Å². The van der Waals surface area contributed by atoms with Gasteiger partial charge in [0, 0.05) is 30.7 Å². The van der Waals surface area contributed by atoms with Crippen LogP contribution < -0.4 is 4.74 Å². The number of piperidine rings is 1. The second kappa shape index (κ2) is 6.60. The van der Waals surface area contributed by atoms with E-state index in [1.54, 1.807) is 0 Å². The molecule has 2 saturated heterocycles. The molecule has 0 spiro atoms. The van der Waals surface area contributed by atoms with Crippen molar-refractivity contribution in [3.8, 4) is 11.5 Å². The Balaban J connectivity index is 1.57. The molecule has 26 heavy (non-hydrogen) atoms. The van der Waals surface area contributed by atoms with Gasteiger partial charge in [0.25, 0.3) is 0 Å². The van der Waals surface area contributed by atoms with Crippen LogP contribution in [0.5, 0.6) is 11.5 Å². The van der Waals surface area contributed by atoms with Crippen molar-refractivity contribution in [3.05, 3.63) is 53.1 Å². The zero-order chi connectivity index (χ0) is 17.5. The summed E-state index contributed by atoms with van der Waals surface area (Å²) in [6.45, 7) is 4.38. The van der Waals surface area contributed by atoms with Crippen LogP contribution in [0, 0.1) is 0 Å². The highest BCUT2D eigenvalue weighted by Gasteiger charge is 2.32. The first kappa shape index (κ1) is 16.2. The summed E-state index contributed by atoms with van der Waals surface area (Å²) in [7, 11) is 0. The number of ether oxygens (including phenoxy) is 1. The van der Waals surface area contributed by atoms with E-state index < -0.39 is 0 Å². The molecule has 5 heteroatoms. The van der Waals surface area contributed by atoms with Gasteiger partial charge in [-0.2, -0.15) is 0 Å². The molecule has 0 amide bonds. The van der Waals surface area contributed by atoms with Crippen LogP contribution in [0.3, 0.4) is 0 Å². The third-order valence-electron chi connectivity index (χ3n) is 5.63. The van der Waals surface area contributed by atoms with E-state index in [0.717, 1.165) is 48.2 Å². The lowest BCUT2D eigenvalue weighted by Gasteiger charge is -2.45. The molecule has 0 aliphatic carbocycles. The molecule has 5 rings (SSSR count). The van der Waals surface area contributed by atoms with Gasteiger partial charge < -0.3 is 9.64 Å². The minimum atomic E-state index is 0.635. The summed E-state index contributed by atoms with van der Waals surface area (Å²) in [5, 5.41) is 0.679. The fraction of sp³-hybridized carbons (Fsp3) is 0.381. The van der Waals surface area contributed by atoms with Gasteiger partial charge in [0.2, 0.25) is 0 Å². The first-order valence-electron chi connectivity index (χ1n) is 9.42. The average Bonchev–Trinajstić information content (AvgIpc) is 2.84. The van der Waals surface area contributed by atoms with Crippen LogP contribution in [0.1, 0.15) is 24.8 Å². The fourth-order valence-electron chi connectivity index (χ4n) is 4.29. The number of rotatable bonds is 0. The van der Waals surface area contributed by atoms with Gasteiger partial charge in [-0.05, 0) is 49.7 Å². The zero-order valence-corrected chi connectivity index (χ0v) is 15.5. The third-order valence-corrected chi connectivity index (χ3v) is 5.87. The summed E-state index contributed by atoms with van der Waals surface area (Å²) >= 11 is 6.22. The molecule has 3 aliphatic rings. The molecule has 3 aliphatic heterocycles. The zero-order valence-electron chi connectivity index (χ0n) is 14.7. The topological polar surface area (TPSA) is 28.1 Å². The highest BCUT2D eigenvalue weighted by Crippen LogP contribution is 2.39. The van der Waals surface area contributed by atoms with Crippen LogP contribution in [0.4, 0.5) is 5.69 Å². The van der Waals surface area contributed by atoms with Crippen LogP contribution in [-0.2, 0) is 0 Å². The van der Waals surface area contributed by atoms with Crippen molar-refractivity contribution in [1.82, 2.24) is 9.80 Å². The molecule has 0 saturated carbocycles. The van der Waals surface area contributed by atoms with Gasteiger partial charge in [-0.3, -0.25) is 4.90 Å². The number of benzene rings is 2. The van der Waals surface area contributed by atoms with Gasteiger partial charge >= 0.3 is 0 Å². The van der Waals surface area contributed by atoms with Crippen molar-refractivity contribution in [3.63, 3.8) is 0 Å². The van der Waals surface area contributed by atoms with Crippen molar-refractivity contribution < 1.29 is 4.74 Å². The van der Waals surface area contributed by atoms with Gasteiger partial charge in [-0.15, -0.1) is 0 Å². The smallest absolute Gasteiger partial charge is 0.153 e. The summed E-state index contributed by atoms with van der Waals surface area (Å²) in [6, 6.07) is 14.5. The minimum Gasteiger partial charge on any atom is -0.454 e. The maximum atomic E-state index is 6.22. The lowest BCUT2D eigenvalue weighted by atomic mass is 9.99. The number of hydrogen-bond acceptors (Lipinski definition) is 4. The molecule has 2 aromatic carbocycles. The Morgan fingerprint density at radius 2 is 1.92 bits per heavy atom. The lowest BCUT2D eigenvalue weighted by Crippen LogP contribution is -2.56. The fourth-order valence-corrected chi connectivity index (χ4v) is 4.45. The Morgan fingerprint density at radius 3 is 2.88 bits per heavy atom. The Bertz CT molecular complexity index is 866. The minimum absolute atomic E-state index is 0.635. The molecule has 0 unspecified atom stereocenters. The van der Waals surface area contributed by atoms with Gasteiger partial charge in [-0.25, -0.2) is 4.99 Å². The predicted molar refractivity (Wildman–Crippen MR) is 105 cm³/mol. The van der Waals surface area contributed by atoms with E-state index in [1.165, 1.54) is 25.8 Å². The van der Waals surface area contributed by atoms with Crippen LogP contribution in [-0.4, -0.2) is 47.9 Å². The Morgan fingerprint density at radius 1 is 1.00 bits per heavy atom. The van der Waals surface area contributed by atoms with E-state index in [4.69, 9.17) is 21.3 Å². The molecule has 4 nitrogen and oxygen atoms in total. The lowest BCUT2D eigenvalue weighted by molar-refractivity contribution is 0.0805. The number of para-hydroxylation sites is 1. The molecule has 0 radical (unpaired) electrons. The standard InChI is InChI=1S/C21H22ClN3O/c22-15-8-9-20-18(13-15)23-21(17-6-1-2-7-19(17)26-20)25-12-11-24-10-4-3-5-16(24)14-25/h1-2,6-9,13,16H,3-5,10-12,14H2/t16-/m0/s1. The number of fused-ring (bicyclic) bond motifs is 3. The largest absolute Gasteiger partial charge is 0.454 e. The van der Waals surface area contributed by atoms with Crippen molar-refractivity contribution in [2.24, 2.45) is 4.99 Å². The molecule has 3 heterocycles. The molecular formula is C21H22ClN3O. The summed E-state index contributed by atoms with van der Waals surface area (Å²) in [6.07, 6.45) is 3.95. The number of halogens is 1. The quantitative estimate of drug-likeness (QED) is 0.676. The van der Waals surface area contributed by atoms with Crippen molar-refractivity contribution in [2.75, 3.05) is 26.2 Å². The van der Waals surface area contributed by atoms with Crippen molar-refractivity contribution in [2.45, 2.75) is 25.3 Å². The van der Waals surface area contributed by atoms with Gasteiger partial charge in [0.05, 0.1) is 5.56 Å². The third kappa shape index (κ3) is 2.87. The Hall–Kier alpha value is -2.04. The van der Waals surface area contributed by atoms with Crippen LogP contribution in [0.2, 0.25) is 5.02 Å². The van der Waals surface area contributed by atoms with E-state index in [2.05, 4.69) is 21.9 Å². The van der Waals surface area contributed by atoms with E-state index >= 15 is 0 Å². The van der Waals surface area contributed by atoms with Gasteiger partial charge in [0.15, 0.2) is 5.75 Å². The number of hydrogen-bond donors (Lipinski definition) is 0. The van der Waals surface area contributed by atoms with E-state index in [9.17, 15) is 0 Å². The molecule has 0 aromatic heterocycles. The summed E-state index contributed by atoms with van der Waals surface area (Å²) in [4.78, 5) is 10.1. The second-order valence-electron chi connectivity index (χ2n) is 7.28. The maximum Gasteiger partial charge on any atom is 0.153 e. The second-order valence-corrected chi connectivity index (χ2v) is 7.71. The van der Waals surface area contributed by atoms with Crippen LogP contribution in [0.25, 0.3) is 0 Å². The highest BCUT2D eigenvalue weighted by molar-refractivity contribution is 6.31.